The number of aromatic nitrogens is 1. The van der Waals surface area contributed by atoms with Crippen molar-refractivity contribution in [2.45, 2.75) is 6.92 Å². The number of hydrazone groups is 1. The van der Waals surface area contributed by atoms with E-state index in [1.54, 1.807) is 24.3 Å². The first kappa shape index (κ1) is 22.1. The molecule has 10 heteroatoms. The Hall–Kier alpha value is -4.70. The summed E-state index contributed by atoms with van der Waals surface area (Å²) >= 11 is 1.25. The molecule has 9 nitrogen and oxygen atoms in total. The van der Waals surface area contributed by atoms with Crippen molar-refractivity contribution in [3.63, 3.8) is 0 Å². The first-order valence-electron chi connectivity index (χ1n) is 10.4. The van der Waals surface area contributed by atoms with Gasteiger partial charge in [-0.2, -0.15) is 10.1 Å². The number of carbonyl (C=O) groups excluding carboxylic acids is 1. The molecule has 0 N–H and O–H groups in total. The normalized spacial score (nSPS) is 11.3. The van der Waals surface area contributed by atoms with Crippen molar-refractivity contribution in [3.05, 3.63) is 110 Å². The molecule has 0 bridgehead atoms. The van der Waals surface area contributed by atoms with Gasteiger partial charge in [0.15, 0.2) is 0 Å². The van der Waals surface area contributed by atoms with Gasteiger partial charge in [0.1, 0.15) is 11.1 Å². The Morgan fingerprint density at radius 2 is 1.89 bits per heavy atom. The molecule has 0 spiro atoms. The van der Waals surface area contributed by atoms with E-state index < -0.39 is 16.5 Å². The predicted octanol–water partition coefficient (Wildman–Crippen LogP) is 5.30. The lowest BCUT2D eigenvalue weighted by molar-refractivity contribution is -0.384. The molecule has 2 aromatic heterocycles. The molecular formula is C25H16N4O5S. The number of hydrogen-bond donors (Lipinski definition) is 0. The van der Waals surface area contributed by atoms with Gasteiger partial charge in [0.25, 0.3) is 11.6 Å². The van der Waals surface area contributed by atoms with Gasteiger partial charge >= 0.3 is 5.63 Å². The Bertz CT molecular complexity index is 1690. The number of hydrogen-bond acceptors (Lipinski definition) is 8. The largest absolute Gasteiger partial charge is 0.422 e. The van der Waals surface area contributed by atoms with Crippen molar-refractivity contribution in [2.75, 3.05) is 5.01 Å². The van der Waals surface area contributed by atoms with Crippen molar-refractivity contribution in [1.82, 2.24) is 4.98 Å². The zero-order valence-corrected chi connectivity index (χ0v) is 19.1. The first-order chi connectivity index (χ1) is 16.9. The van der Waals surface area contributed by atoms with Crippen LogP contribution in [0.4, 0.5) is 10.8 Å². The zero-order valence-electron chi connectivity index (χ0n) is 18.2. The van der Waals surface area contributed by atoms with E-state index in [0.29, 0.717) is 22.0 Å². The number of thiazole rings is 1. The molecule has 3 aromatic carbocycles. The van der Waals surface area contributed by atoms with Crippen LogP contribution in [-0.2, 0) is 0 Å². The number of amides is 1. The first-order valence-corrected chi connectivity index (χ1v) is 11.2. The molecule has 0 unspecified atom stereocenters. The number of nitro benzene ring substituents is 1. The maximum absolute atomic E-state index is 13.5. The maximum Gasteiger partial charge on any atom is 0.349 e. The van der Waals surface area contributed by atoms with Crippen LogP contribution < -0.4 is 10.6 Å². The molecule has 0 aliphatic rings. The maximum atomic E-state index is 13.5. The van der Waals surface area contributed by atoms with Crippen molar-refractivity contribution in [3.8, 4) is 0 Å². The van der Waals surface area contributed by atoms with Crippen molar-refractivity contribution in [2.24, 2.45) is 5.10 Å². The molecule has 5 rings (SSSR count). The van der Waals surface area contributed by atoms with E-state index in [0.717, 1.165) is 15.3 Å². The number of nitro groups is 1. The average molecular weight is 484 g/mol. The number of nitrogens with zero attached hydrogens (tertiary/aromatic N) is 4. The van der Waals surface area contributed by atoms with Crippen LogP contribution in [-0.4, -0.2) is 22.0 Å². The van der Waals surface area contributed by atoms with Crippen molar-refractivity contribution in [1.29, 1.82) is 0 Å². The van der Waals surface area contributed by atoms with Crippen LogP contribution in [0.5, 0.6) is 0 Å². The zero-order chi connectivity index (χ0) is 24.5. The van der Waals surface area contributed by atoms with E-state index in [4.69, 9.17) is 4.42 Å². The molecule has 0 fully saturated rings. The minimum absolute atomic E-state index is 0.0644. The summed E-state index contributed by atoms with van der Waals surface area (Å²) < 4.78 is 6.19. The van der Waals surface area contributed by atoms with Crippen LogP contribution in [0, 0.1) is 17.0 Å². The lowest BCUT2D eigenvalue weighted by Crippen LogP contribution is -2.30. The van der Waals surface area contributed by atoms with Crippen LogP contribution in [0.2, 0.25) is 0 Å². The van der Waals surface area contributed by atoms with E-state index in [-0.39, 0.29) is 16.4 Å². The van der Waals surface area contributed by atoms with Gasteiger partial charge < -0.3 is 4.42 Å². The minimum Gasteiger partial charge on any atom is -0.422 e. The summed E-state index contributed by atoms with van der Waals surface area (Å²) in [7, 11) is 0. The lowest BCUT2D eigenvalue weighted by atomic mass is 10.2. The molecule has 0 saturated carbocycles. The van der Waals surface area contributed by atoms with Crippen LogP contribution in [0.25, 0.3) is 21.2 Å². The van der Waals surface area contributed by atoms with Gasteiger partial charge in [0.05, 0.1) is 21.4 Å². The van der Waals surface area contributed by atoms with Crippen LogP contribution in [0.3, 0.4) is 0 Å². The van der Waals surface area contributed by atoms with E-state index in [1.807, 2.05) is 25.1 Å². The highest BCUT2D eigenvalue weighted by atomic mass is 32.1. The molecule has 2 heterocycles. The standard InChI is InChI=1S/C25H16N4O5S/c1-15-6-11-20-22(12-15)35-25(27-20)28(26-14-16-7-9-18(10-8-16)29(32)33)23(30)19-13-17-4-2-3-5-21(17)34-24(19)31/h2-14H,1H3/b26-14+. The average Bonchev–Trinajstić information content (AvgIpc) is 3.26. The quantitative estimate of drug-likeness (QED) is 0.145. The second-order valence-corrected chi connectivity index (χ2v) is 8.67. The molecule has 0 aliphatic carbocycles. The van der Waals surface area contributed by atoms with Gasteiger partial charge in [-0.15, -0.1) is 0 Å². The molecular weight excluding hydrogens is 468 g/mol. The minimum atomic E-state index is -0.791. The Labute approximate surface area is 201 Å². The van der Waals surface area contributed by atoms with E-state index in [9.17, 15) is 19.7 Å². The third kappa shape index (κ3) is 4.42. The number of anilines is 1. The van der Waals surface area contributed by atoms with Gasteiger partial charge in [0.2, 0.25) is 5.13 Å². The fourth-order valence-electron chi connectivity index (χ4n) is 3.43. The summed E-state index contributed by atoms with van der Waals surface area (Å²) in [6, 6.07) is 19.8. The van der Waals surface area contributed by atoms with Crippen molar-refractivity contribution >= 4 is 55.5 Å². The Morgan fingerprint density at radius 1 is 1.11 bits per heavy atom. The van der Waals surface area contributed by atoms with E-state index in [2.05, 4.69) is 10.1 Å². The SMILES string of the molecule is Cc1ccc2nc(N(/N=C/c3ccc([N+](=O)[O-])cc3)C(=O)c3cc4ccccc4oc3=O)sc2c1. The highest BCUT2D eigenvalue weighted by Gasteiger charge is 2.25. The summed E-state index contributed by atoms with van der Waals surface area (Å²) in [5.74, 6) is -0.710. The second-order valence-electron chi connectivity index (χ2n) is 7.66. The van der Waals surface area contributed by atoms with Gasteiger partial charge in [-0.3, -0.25) is 14.9 Å². The summed E-state index contributed by atoms with van der Waals surface area (Å²) in [5, 5.41) is 17.1. The third-order valence-corrected chi connectivity index (χ3v) is 6.20. The number of fused-ring (bicyclic) bond motifs is 2. The number of aryl methyl sites for hydroxylation is 1. The second kappa shape index (κ2) is 8.92. The predicted molar refractivity (Wildman–Crippen MR) is 134 cm³/mol. The number of rotatable bonds is 5. The Kier molecular flexibility index (Phi) is 5.63. The Morgan fingerprint density at radius 3 is 2.66 bits per heavy atom. The summed E-state index contributed by atoms with van der Waals surface area (Å²) in [6.07, 6.45) is 1.38. The van der Waals surface area contributed by atoms with Gasteiger partial charge in [-0.25, -0.2) is 9.78 Å². The third-order valence-electron chi connectivity index (χ3n) is 5.20. The summed E-state index contributed by atoms with van der Waals surface area (Å²) in [5.41, 5.74) is 1.56. The van der Waals surface area contributed by atoms with Crippen LogP contribution in [0.15, 0.2) is 87.1 Å². The molecule has 35 heavy (non-hydrogen) atoms. The fourth-order valence-corrected chi connectivity index (χ4v) is 4.45. The number of non-ortho nitro benzene ring substituents is 1. The molecule has 5 aromatic rings. The summed E-state index contributed by atoms with van der Waals surface area (Å²) in [6.45, 7) is 1.95. The number of para-hydroxylation sites is 1. The molecule has 0 atom stereocenters. The highest BCUT2D eigenvalue weighted by Crippen LogP contribution is 2.31. The number of carbonyl (C=O) groups is 1. The highest BCUT2D eigenvalue weighted by molar-refractivity contribution is 7.22. The van der Waals surface area contributed by atoms with Gasteiger partial charge in [-0.1, -0.05) is 35.6 Å². The molecule has 0 aliphatic heterocycles. The summed E-state index contributed by atoms with van der Waals surface area (Å²) in [4.78, 5) is 41.2. The molecule has 0 radical (unpaired) electrons. The van der Waals surface area contributed by atoms with Crippen molar-refractivity contribution < 1.29 is 14.1 Å². The van der Waals surface area contributed by atoms with Gasteiger partial charge in [-0.05, 0) is 54.4 Å². The van der Waals surface area contributed by atoms with Crippen LogP contribution >= 0.6 is 11.3 Å². The topological polar surface area (TPSA) is 119 Å². The molecule has 172 valence electrons. The monoisotopic (exact) mass is 484 g/mol. The molecule has 0 saturated heterocycles. The smallest absolute Gasteiger partial charge is 0.349 e. The van der Waals surface area contributed by atoms with Crippen LogP contribution in [0.1, 0.15) is 21.5 Å². The number of benzene rings is 3. The lowest BCUT2D eigenvalue weighted by Gasteiger charge is -2.13. The molecule has 1 amide bonds. The van der Waals surface area contributed by atoms with Gasteiger partial charge in [0, 0.05) is 17.5 Å². The Balaban J connectivity index is 1.59. The fraction of sp³-hybridized carbons (Fsp3) is 0.0400. The van der Waals surface area contributed by atoms with E-state index in [1.165, 1.54) is 47.9 Å². The van der Waals surface area contributed by atoms with E-state index >= 15 is 0 Å².